The van der Waals surface area contributed by atoms with Crippen LogP contribution in [0.1, 0.15) is 31.2 Å². The van der Waals surface area contributed by atoms with Gasteiger partial charge in [-0.3, -0.25) is 9.36 Å². The number of esters is 1. The number of methoxy groups -OCH3 is 1. The summed E-state index contributed by atoms with van der Waals surface area (Å²) in [6, 6.07) is 15.3. The van der Waals surface area contributed by atoms with Crippen LogP contribution < -0.4 is 19.6 Å². The number of fused-ring (bicyclic) bond motifs is 1. The minimum atomic E-state index is -0.707. The number of carbonyl (C=O) groups excluding carboxylic acids is 1. The molecule has 4 aromatic rings. The average Bonchev–Trinajstić information content (AvgIpc) is 3.49. The summed E-state index contributed by atoms with van der Waals surface area (Å²) in [7, 11) is 1.58. The SMILES string of the molecule is CCOC(=O)C1=C(C)N=c2s/c(=C\c3ccc(-c4ccc(Cl)c(Cl)c4)o3)c(=O)n2[C@H]1c1ccc(OC)cc1. The van der Waals surface area contributed by atoms with Gasteiger partial charge in [-0.25, -0.2) is 9.79 Å². The smallest absolute Gasteiger partial charge is 0.338 e. The molecule has 1 aliphatic heterocycles. The van der Waals surface area contributed by atoms with Gasteiger partial charge in [-0.2, -0.15) is 0 Å². The van der Waals surface area contributed by atoms with Crippen molar-refractivity contribution in [3.8, 4) is 17.1 Å². The van der Waals surface area contributed by atoms with Crippen molar-refractivity contribution < 1.29 is 18.7 Å². The van der Waals surface area contributed by atoms with E-state index in [0.29, 0.717) is 47.9 Å². The van der Waals surface area contributed by atoms with Crippen molar-refractivity contribution in [2.45, 2.75) is 19.9 Å². The fourth-order valence-corrected chi connectivity index (χ4v) is 5.58. The van der Waals surface area contributed by atoms with E-state index in [4.69, 9.17) is 37.1 Å². The number of thiazole rings is 1. The van der Waals surface area contributed by atoms with E-state index >= 15 is 0 Å². The lowest BCUT2D eigenvalue weighted by atomic mass is 9.96. The van der Waals surface area contributed by atoms with Gasteiger partial charge in [0.15, 0.2) is 4.80 Å². The second-order valence-corrected chi connectivity index (χ2v) is 10.2. The molecule has 0 bridgehead atoms. The number of aromatic nitrogens is 1. The monoisotopic (exact) mass is 568 g/mol. The van der Waals surface area contributed by atoms with Gasteiger partial charge in [0.1, 0.15) is 17.3 Å². The molecule has 10 heteroatoms. The third-order valence-electron chi connectivity index (χ3n) is 6.05. The van der Waals surface area contributed by atoms with Crippen LogP contribution in [0.5, 0.6) is 5.75 Å². The summed E-state index contributed by atoms with van der Waals surface area (Å²) in [5.74, 6) is 1.22. The van der Waals surface area contributed by atoms with E-state index in [9.17, 15) is 9.59 Å². The van der Waals surface area contributed by atoms with Crippen LogP contribution >= 0.6 is 34.5 Å². The van der Waals surface area contributed by atoms with Crippen molar-refractivity contribution in [1.29, 1.82) is 0 Å². The highest BCUT2D eigenvalue weighted by Gasteiger charge is 2.33. The summed E-state index contributed by atoms with van der Waals surface area (Å²) in [5.41, 5.74) is 2.01. The van der Waals surface area contributed by atoms with Gasteiger partial charge in [-0.05, 0) is 61.9 Å². The standard InChI is InChI=1S/C28H22Cl2N2O5S/c1-4-36-27(34)24-15(2)31-28-32(25(24)16-5-8-18(35-3)9-6-16)26(33)23(38-28)14-19-10-12-22(37-19)17-7-11-20(29)21(30)13-17/h5-14,25H,4H2,1-3H3/b23-14-/t25-/m0/s1. The lowest BCUT2D eigenvalue weighted by Crippen LogP contribution is -2.39. The number of halogens is 2. The Balaban J connectivity index is 1.62. The predicted molar refractivity (Wildman–Crippen MR) is 148 cm³/mol. The zero-order valence-electron chi connectivity index (χ0n) is 20.7. The predicted octanol–water partition coefficient (Wildman–Crippen LogP) is 5.37. The summed E-state index contributed by atoms with van der Waals surface area (Å²) in [5, 5.41) is 0.869. The first-order chi connectivity index (χ1) is 18.3. The fraction of sp³-hybridized carbons (Fsp3) is 0.179. The number of ether oxygens (including phenoxy) is 2. The van der Waals surface area contributed by atoms with Gasteiger partial charge < -0.3 is 13.9 Å². The molecule has 38 heavy (non-hydrogen) atoms. The molecule has 0 radical (unpaired) electrons. The molecule has 7 nitrogen and oxygen atoms in total. The van der Waals surface area contributed by atoms with E-state index in [1.807, 2.05) is 12.1 Å². The molecule has 0 fully saturated rings. The first-order valence-electron chi connectivity index (χ1n) is 11.7. The zero-order chi connectivity index (χ0) is 27.0. The van der Waals surface area contributed by atoms with Crippen molar-refractivity contribution in [3.63, 3.8) is 0 Å². The van der Waals surface area contributed by atoms with Gasteiger partial charge in [0.05, 0.1) is 45.6 Å². The lowest BCUT2D eigenvalue weighted by Gasteiger charge is -2.24. The number of furan rings is 1. The number of hydrogen-bond donors (Lipinski definition) is 0. The largest absolute Gasteiger partial charge is 0.497 e. The Kier molecular flexibility index (Phi) is 7.29. The molecule has 0 saturated carbocycles. The van der Waals surface area contributed by atoms with Crippen molar-refractivity contribution in [1.82, 2.24) is 4.57 Å². The molecule has 2 aromatic heterocycles. The highest BCUT2D eigenvalue weighted by molar-refractivity contribution is 7.07. The van der Waals surface area contributed by atoms with Crippen molar-refractivity contribution in [3.05, 3.63) is 107 Å². The normalized spacial score (nSPS) is 15.3. The average molecular weight is 569 g/mol. The van der Waals surface area contributed by atoms with E-state index in [-0.39, 0.29) is 12.2 Å². The molecule has 0 N–H and O–H groups in total. The first kappa shape index (κ1) is 26.0. The summed E-state index contributed by atoms with van der Waals surface area (Å²) < 4.78 is 18.5. The van der Waals surface area contributed by atoms with Crippen molar-refractivity contribution >= 4 is 46.6 Å². The third-order valence-corrected chi connectivity index (χ3v) is 7.77. The molecular formula is C28H22Cl2N2O5S. The van der Waals surface area contributed by atoms with Gasteiger partial charge in [0.25, 0.3) is 5.56 Å². The topological polar surface area (TPSA) is 83.0 Å². The highest BCUT2D eigenvalue weighted by Crippen LogP contribution is 2.32. The molecule has 1 atom stereocenters. The third kappa shape index (κ3) is 4.82. The number of allylic oxidation sites excluding steroid dienone is 1. The van der Waals surface area contributed by atoms with Crippen molar-refractivity contribution in [2.75, 3.05) is 13.7 Å². The Hall–Kier alpha value is -3.59. The fourth-order valence-electron chi connectivity index (χ4n) is 4.26. The number of benzene rings is 2. The molecular weight excluding hydrogens is 547 g/mol. The molecule has 0 amide bonds. The summed E-state index contributed by atoms with van der Waals surface area (Å²) >= 11 is 13.4. The van der Waals surface area contributed by atoms with E-state index in [1.54, 1.807) is 69.5 Å². The van der Waals surface area contributed by atoms with Gasteiger partial charge in [-0.1, -0.05) is 46.7 Å². The summed E-state index contributed by atoms with van der Waals surface area (Å²) in [6.07, 6.45) is 1.67. The van der Waals surface area contributed by atoms with Crippen molar-refractivity contribution in [2.24, 2.45) is 4.99 Å². The minimum Gasteiger partial charge on any atom is -0.497 e. The van der Waals surface area contributed by atoms with Crippen LogP contribution in [-0.2, 0) is 9.53 Å². The van der Waals surface area contributed by atoms with Crippen LogP contribution in [-0.4, -0.2) is 24.3 Å². The second kappa shape index (κ2) is 10.6. The molecule has 0 aliphatic carbocycles. The maximum Gasteiger partial charge on any atom is 0.338 e. The first-order valence-corrected chi connectivity index (χ1v) is 13.3. The van der Waals surface area contributed by atoms with E-state index in [0.717, 1.165) is 11.1 Å². The van der Waals surface area contributed by atoms with E-state index in [1.165, 1.54) is 15.9 Å². The van der Waals surface area contributed by atoms with Gasteiger partial charge in [-0.15, -0.1) is 0 Å². The van der Waals surface area contributed by atoms with Crippen LogP contribution in [0.4, 0.5) is 0 Å². The van der Waals surface area contributed by atoms with Crippen LogP contribution in [0.3, 0.4) is 0 Å². The summed E-state index contributed by atoms with van der Waals surface area (Å²) in [4.78, 5) is 31.8. The van der Waals surface area contributed by atoms with Crippen LogP contribution in [0.2, 0.25) is 10.0 Å². The molecule has 2 aromatic carbocycles. The highest BCUT2D eigenvalue weighted by atomic mass is 35.5. The Morgan fingerprint density at radius 2 is 1.89 bits per heavy atom. The molecule has 5 rings (SSSR count). The molecule has 1 aliphatic rings. The quantitative estimate of drug-likeness (QED) is 0.292. The number of hydrogen-bond acceptors (Lipinski definition) is 7. The summed E-state index contributed by atoms with van der Waals surface area (Å²) in [6.45, 7) is 3.69. The molecule has 0 saturated heterocycles. The molecule has 0 spiro atoms. The van der Waals surface area contributed by atoms with Gasteiger partial charge in [0, 0.05) is 11.6 Å². The van der Waals surface area contributed by atoms with Gasteiger partial charge >= 0.3 is 5.97 Å². The zero-order valence-corrected chi connectivity index (χ0v) is 23.0. The molecule has 3 heterocycles. The molecule has 0 unspecified atom stereocenters. The van der Waals surface area contributed by atoms with Crippen LogP contribution in [0, 0.1) is 0 Å². The molecule has 194 valence electrons. The Morgan fingerprint density at radius 1 is 1.13 bits per heavy atom. The Bertz CT molecular complexity index is 1750. The number of rotatable bonds is 6. The maximum absolute atomic E-state index is 13.7. The van der Waals surface area contributed by atoms with Crippen LogP contribution in [0.15, 0.2) is 80.1 Å². The Labute approximate surface area is 231 Å². The lowest BCUT2D eigenvalue weighted by molar-refractivity contribution is -0.139. The van der Waals surface area contributed by atoms with Gasteiger partial charge in [0.2, 0.25) is 0 Å². The van der Waals surface area contributed by atoms with E-state index < -0.39 is 12.0 Å². The number of carbonyl (C=O) groups is 1. The maximum atomic E-state index is 13.7. The minimum absolute atomic E-state index is 0.203. The van der Waals surface area contributed by atoms with Crippen LogP contribution in [0.25, 0.3) is 17.4 Å². The number of nitrogens with zero attached hydrogens (tertiary/aromatic N) is 2. The Morgan fingerprint density at radius 3 is 2.58 bits per heavy atom. The van der Waals surface area contributed by atoms with E-state index in [2.05, 4.69) is 4.99 Å². The second-order valence-electron chi connectivity index (χ2n) is 8.41.